The van der Waals surface area contributed by atoms with Gasteiger partial charge in [0.1, 0.15) is 11.9 Å². The number of nitrogens with zero attached hydrogens (tertiary/aromatic N) is 1. The van der Waals surface area contributed by atoms with Crippen molar-refractivity contribution in [1.29, 1.82) is 0 Å². The predicted octanol–water partition coefficient (Wildman–Crippen LogP) is 3.06. The molecule has 1 atom stereocenters. The van der Waals surface area contributed by atoms with Crippen molar-refractivity contribution in [3.63, 3.8) is 0 Å². The van der Waals surface area contributed by atoms with Crippen molar-refractivity contribution < 1.29 is 14.0 Å². The van der Waals surface area contributed by atoms with Gasteiger partial charge in [-0.1, -0.05) is 12.1 Å². The van der Waals surface area contributed by atoms with E-state index in [0.29, 0.717) is 24.3 Å². The number of aryl methyl sites for hydroxylation is 1. The molecule has 0 saturated carbocycles. The zero-order valence-corrected chi connectivity index (χ0v) is 13.3. The van der Waals surface area contributed by atoms with Crippen LogP contribution in [0.3, 0.4) is 0 Å². The Labute approximate surface area is 139 Å². The number of halogens is 1. The summed E-state index contributed by atoms with van der Waals surface area (Å²) >= 11 is 0. The van der Waals surface area contributed by atoms with Crippen molar-refractivity contribution in [1.82, 2.24) is 5.32 Å². The number of urea groups is 1. The molecule has 0 bridgehead atoms. The molecule has 2 aromatic rings. The number of anilines is 2. The highest BCUT2D eigenvalue weighted by Gasteiger charge is 2.33. The van der Waals surface area contributed by atoms with Crippen LogP contribution in [0.15, 0.2) is 48.5 Å². The molecule has 24 heavy (non-hydrogen) atoms. The summed E-state index contributed by atoms with van der Waals surface area (Å²) in [6, 6.07) is 12.2. The van der Waals surface area contributed by atoms with Gasteiger partial charge in [-0.25, -0.2) is 9.18 Å². The fourth-order valence-electron chi connectivity index (χ4n) is 2.74. The third kappa shape index (κ3) is 3.53. The van der Waals surface area contributed by atoms with Gasteiger partial charge in [0, 0.05) is 17.9 Å². The minimum absolute atomic E-state index is 0.194. The van der Waals surface area contributed by atoms with Crippen molar-refractivity contribution in [3.05, 3.63) is 59.9 Å². The molecule has 0 unspecified atom stereocenters. The molecule has 1 fully saturated rings. The highest BCUT2D eigenvalue weighted by molar-refractivity contribution is 6.02. The van der Waals surface area contributed by atoms with Crippen molar-refractivity contribution >= 4 is 23.3 Å². The Morgan fingerprint density at radius 3 is 2.67 bits per heavy atom. The molecule has 2 aromatic carbocycles. The lowest BCUT2D eigenvalue weighted by Crippen LogP contribution is -2.43. The Bertz CT molecular complexity index is 761. The van der Waals surface area contributed by atoms with Crippen LogP contribution in [0.4, 0.5) is 20.6 Å². The van der Waals surface area contributed by atoms with Crippen molar-refractivity contribution in [2.45, 2.75) is 19.4 Å². The molecule has 0 radical (unpaired) electrons. The molecule has 0 aromatic heterocycles. The summed E-state index contributed by atoms with van der Waals surface area (Å²) in [5, 5.41) is 5.41. The predicted molar refractivity (Wildman–Crippen MR) is 90.5 cm³/mol. The first-order valence-electron chi connectivity index (χ1n) is 7.74. The Kier molecular flexibility index (Phi) is 4.46. The van der Waals surface area contributed by atoms with Crippen LogP contribution in [-0.2, 0) is 4.79 Å². The van der Waals surface area contributed by atoms with Crippen LogP contribution in [0, 0.1) is 12.7 Å². The maximum absolute atomic E-state index is 13.0. The quantitative estimate of drug-likeness (QED) is 0.910. The summed E-state index contributed by atoms with van der Waals surface area (Å²) in [7, 11) is 0. The zero-order valence-electron chi connectivity index (χ0n) is 13.3. The number of carbonyl (C=O) groups is 2. The zero-order chi connectivity index (χ0) is 17.1. The molecule has 1 aliphatic heterocycles. The fraction of sp³-hybridized carbons (Fsp3) is 0.222. The van der Waals surface area contributed by atoms with Crippen LogP contribution in [0.2, 0.25) is 0 Å². The Hall–Kier alpha value is -2.89. The molecule has 5 nitrogen and oxygen atoms in total. The number of rotatable bonds is 3. The number of hydrogen-bond acceptors (Lipinski definition) is 2. The Morgan fingerprint density at radius 2 is 1.96 bits per heavy atom. The van der Waals surface area contributed by atoms with Crippen LogP contribution in [0.25, 0.3) is 0 Å². The monoisotopic (exact) mass is 327 g/mol. The van der Waals surface area contributed by atoms with Crippen LogP contribution in [0.1, 0.15) is 12.0 Å². The summed E-state index contributed by atoms with van der Waals surface area (Å²) in [5.41, 5.74) is 2.34. The van der Waals surface area contributed by atoms with Crippen LogP contribution >= 0.6 is 0 Å². The van der Waals surface area contributed by atoms with Gasteiger partial charge in [-0.15, -0.1) is 0 Å². The summed E-state index contributed by atoms with van der Waals surface area (Å²) in [4.78, 5) is 26.0. The van der Waals surface area contributed by atoms with E-state index in [2.05, 4.69) is 10.6 Å². The van der Waals surface area contributed by atoms with Gasteiger partial charge in [0.25, 0.3) is 0 Å². The van der Waals surface area contributed by atoms with Gasteiger partial charge in [0.2, 0.25) is 5.91 Å². The van der Waals surface area contributed by atoms with E-state index in [4.69, 9.17) is 0 Å². The second kappa shape index (κ2) is 6.70. The smallest absolute Gasteiger partial charge is 0.319 e. The largest absolute Gasteiger partial charge is 0.326 e. The first-order valence-corrected chi connectivity index (χ1v) is 7.74. The van der Waals surface area contributed by atoms with E-state index in [1.54, 1.807) is 23.1 Å². The molecule has 3 amide bonds. The van der Waals surface area contributed by atoms with E-state index < -0.39 is 12.1 Å². The lowest BCUT2D eigenvalue weighted by Gasteiger charge is -2.17. The first-order chi connectivity index (χ1) is 11.5. The number of hydrogen-bond donors (Lipinski definition) is 2. The average Bonchev–Trinajstić information content (AvgIpc) is 2.89. The SMILES string of the molecule is Cc1cccc(NC(=O)N[C@H]2CCN(c3ccc(F)cc3)C2=O)c1. The lowest BCUT2D eigenvalue weighted by molar-refractivity contribution is -0.118. The topological polar surface area (TPSA) is 61.4 Å². The van der Waals surface area contributed by atoms with Gasteiger partial charge >= 0.3 is 6.03 Å². The molecule has 1 heterocycles. The Morgan fingerprint density at radius 1 is 1.21 bits per heavy atom. The maximum Gasteiger partial charge on any atom is 0.319 e. The van der Waals surface area contributed by atoms with Gasteiger partial charge < -0.3 is 15.5 Å². The lowest BCUT2D eigenvalue weighted by atomic mass is 10.2. The molecule has 1 aliphatic rings. The summed E-state index contributed by atoms with van der Waals surface area (Å²) in [6.45, 7) is 2.42. The molecule has 0 spiro atoms. The molecule has 0 aliphatic carbocycles. The van der Waals surface area contributed by atoms with E-state index in [1.807, 2.05) is 25.1 Å². The standard InChI is InChI=1S/C18H18FN3O2/c1-12-3-2-4-14(11-12)20-18(24)21-16-9-10-22(17(16)23)15-7-5-13(19)6-8-15/h2-8,11,16H,9-10H2,1H3,(H2,20,21,24)/t16-/m0/s1. The van der Waals surface area contributed by atoms with Crippen LogP contribution < -0.4 is 15.5 Å². The molecule has 3 rings (SSSR count). The minimum Gasteiger partial charge on any atom is -0.326 e. The van der Waals surface area contributed by atoms with Crippen LogP contribution in [-0.4, -0.2) is 24.5 Å². The van der Waals surface area contributed by atoms with Gasteiger partial charge in [0.05, 0.1) is 0 Å². The Balaban J connectivity index is 1.61. The van der Waals surface area contributed by atoms with Gasteiger partial charge in [-0.05, 0) is 55.3 Å². The third-order valence-corrected chi connectivity index (χ3v) is 3.93. The van der Waals surface area contributed by atoms with Gasteiger partial charge in [0.15, 0.2) is 0 Å². The van der Waals surface area contributed by atoms with E-state index in [0.717, 1.165) is 5.56 Å². The highest BCUT2D eigenvalue weighted by atomic mass is 19.1. The third-order valence-electron chi connectivity index (χ3n) is 3.93. The van der Waals surface area contributed by atoms with Crippen molar-refractivity contribution in [3.8, 4) is 0 Å². The number of amides is 3. The van der Waals surface area contributed by atoms with Gasteiger partial charge in [-0.3, -0.25) is 4.79 Å². The number of nitrogens with one attached hydrogen (secondary N) is 2. The summed E-state index contributed by atoms with van der Waals surface area (Å²) in [5.74, 6) is -0.543. The first kappa shape index (κ1) is 16.0. The highest BCUT2D eigenvalue weighted by Crippen LogP contribution is 2.22. The fourth-order valence-corrected chi connectivity index (χ4v) is 2.74. The van der Waals surface area contributed by atoms with E-state index in [1.165, 1.54) is 12.1 Å². The number of benzene rings is 2. The average molecular weight is 327 g/mol. The van der Waals surface area contributed by atoms with Crippen LogP contribution in [0.5, 0.6) is 0 Å². The normalized spacial score (nSPS) is 17.0. The summed E-state index contributed by atoms with van der Waals surface area (Å²) < 4.78 is 13.0. The molecule has 2 N–H and O–H groups in total. The van der Waals surface area contributed by atoms with Crippen molar-refractivity contribution in [2.24, 2.45) is 0 Å². The number of carbonyl (C=O) groups excluding carboxylic acids is 2. The minimum atomic E-state index is -0.583. The van der Waals surface area contributed by atoms with E-state index in [-0.39, 0.29) is 11.7 Å². The molecule has 1 saturated heterocycles. The van der Waals surface area contributed by atoms with Crippen molar-refractivity contribution in [2.75, 3.05) is 16.8 Å². The second-order valence-electron chi connectivity index (χ2n) is 5.78. The molecular weight excluding hydrogens is 309 g/mol. The van der Waals surface area contributed by atoms with E-state index >= 15 is 0 Å². The van der Waals surface area contributed by atoms with E-state index in [9.17, 15) is 14.0 Å². The molecule has 6 heteroatoms. The molecular formula is C18H18FN3O2. The summed E-state index contributed by atoms with van der Waals surface area (Å²) in [6.07, 6.45) is 0.511. The second-order valence-corrected chi connectivity index (χ2v) is 5.78. The van der Waals surface area contributed by atoms with Gasteiger partial charge in [-0.2, -0.15) is 0 Å². The molecule has 124 valence electrons. The maximum atomic E-state index is 13.0.